The smallest absolute Gasteiger partial charge is 0.333 e. The number of carbonyl (C=O) groups is 3. The Kier molecular flexibility index (Phi) is 8.55. The second-order valence-corrected chi connectivity index (χ2v) is 12.0. The average molecular weight is 624 g/mol. The fraction of sp³-hybridized carbons (Fsp3) is 0.273. The van der Waals surface area contributed by atoms with E-state index in [-0.39, 0.29) is 44.5 Å². The molecule has 230 valence electrons. The first kappa shape index (κ1) is 29.9. The lowest BCUT2D eigenvalue weighted by Gasteiger charge is -2.46. The normalized spacial score (nSPS) is 18.1. The highest BCUT2D eigenvalue weighted by molar-refractivity contribution is 7.22. The van der Waals surface area contributed by atoms with E-state index < -0.39 is 18.2 Å². The maximum Gasteiger partial charge on any atom is 0.333 e. The zero-order valence-electron chi connectivity index (χ0n) is 24.8. The number of terminal acetylenes is 1. The van der Waals surface area contributed by atoms with Crippen LogP contribution in [0.3, 0.4) is 0 Å². The molecule has 4 aromatic rings. The van der Waals surface area contributed by atoms with Crippen molar-refractivity contribution in [2.45, 2.75) is 31.7 Å². The number of carbonyl (C=O) groups excluding carboxylic acids is 3. The molecular weight excluding hydrogens is 590 g/mol. The number of amides is 4. The van der Waals surface area contributed by atoms with Gasteiger partial charge in [0.15, 0.2) is 5.13 Å². The molecule has 0 spiro atoms. The summed E-state index contributed by atoms with van der Waals surface area (Å²) < 4.78 is 6.15. The number of piperazine rings is 1. The Labute approximate surface area is 265 Å². The van der Waals surface area contributed by atoms with Crippen molar-refractivity contribution in [3.8, 4) is 18.1 Å². The van der Waals surface area contributed by atoms with Crippen molar-refractivity contribution in [2.75, 3.05) is 32.5 Å². The van der Waals surface area contributed by atoms with Gasteiger partial charge in [0.05, 0.1) is 37.0 Å². The number of hydrazine groups is 1. The van der Waals surface area contributed by atoms with Crippen molar-refractivity contribution in [3.63, 3.8) is 0 Å². The molecule has 11 nitrogen and oxygen atoms in total. The number of anilines is 1. The van der Waals surface area contributed by atoms with Crippen LogP contribution in [-0.4, -0.2) is 81.6 Å². The predicted octanol–water partition coefficient (Wildman–Crippen LogP) is 3.07. The number of nitrogens with two attached hydrogens (primary N) is 1. The molecule has 0 bridgehead atoms. The van der Waals surface area contributed by atoms with Crippen LogP contribution in [0.5, 0.6) is 5.75 Å². The first-order chi connectivity index (χ1) is 21.9. The number of aromatic nitrogens is 1. The van der Waals surface area contributed by atoms with Crippen LogP contribution in [0.25, 0.3) is 10.2 Å². The van der Waals surface area contributed by atoms with E-state index in [1.165, 1.54) is 16.3 Å². The number of hydrogen-bond donors (Lipinski definition) is 2. The predicted molar refractivity (Wildman–Crippen MR) is 171 cm³/mol. The van der Waals surface area contributed by atoms with Crippen LogP contribution in [0, 0.1) is 12.3 Å². The molecule has 4 amide bonds. The third kappa shape index (κ3) is 6.13. The summed E-state index contributed by atoms with van der Waals surface area (Å²) in [5, 5.41) is 6.45. The fourth-order valence-corrected chi connectivity index (χ4v) is 6.74. The number of rotatable bonds is 9. The number of nitrogens with one attached hydrogen (secondary N) is 1. The SMILES string of the molecule is C#CCN(C(=O)NCc1ccc(OC)cc1)N1CC(=O)N2[C@@H](Cc3ccccc3)C(=O)N(Cc3cccc4sc(N)nc34)C[C@@H]21. The number of para-hydroxylation sites is 1. The summed E-state index contributed by atoms with van der Waals surface area (Å²) in [6, 6.07) is 21.6. The molecule has 6 rings (SSSR count). The van der Waals surface area contributed by atoms with Crippen LogP contribution in [-0.2, 0) is 29.1 Å². The summed E-state index contributed by atoms with van der Waals surface area (Å²) >= 11 is 1.39. The summed E-state index contributed by atoms with van der Waals surface area (Å²) in [7, 11) is 1.59. The lowest BCUT2D eigenvalue weighted by molar-refractivity contribution is -0.157. The van der Waals surface area contributed by atoms with Gasteiger partial charge in [0, 0.05) is 19.5 Å². The summed E-state index contributed by atoms with van der Waals surface area (Å²) in [5.74, 6) is 2.86. The molecule has 12 heteroatoms. The number of urea groups is 1. The minimum Gasteiger partial charge on any atom is -0.497 e. The Bertz CT molecular complexity index is 1750. The molecule has 2 fully saturated rings. The van der Waals surface area contributed by atoms with Crippen molar-refractivity contribution in [2.24, 2.45) is 0 Å². The van der Waals surface area contributed by atoms with Gasteiger partial charge in [-0.3, -0.25) is 9.59 Å². The van der Waals surface area contributed by atoms with Crippen LogP contribution < -0.4 is 15.8 Å². The zero-order valence-corrected chi connectivity index (χ0v) is 25.6. The molecule has 3 aromatic carbocycles. The maximum atomic E-state index is 14.1. The Morgan fingerprint density at radius 2 is 1.89 bits per heavy atom. The second kappa shape index (κ2) is 12.9. The molecule has 45 heavy (non-hydrogen) atoms. The molecule has 2 atom stereocenters. The van der Waals surface area contributed by atoms with Crippen LogP contribution >= 0.6 is 11.3 Å². The highest BCUT2D eigenvalue weighted by atomic mass is 32.1. The van der Waals surface area contributed by atoms with Gasteiger partial charge < -0.3 is 25.6 Å². The summed E-state index contributed by atoms with van der Waals surface area (Å²) in [5.41, 5.74) is 9.41. The van der Waals surface area contributed by atoms with Crippen LogP contribution in [0.1, 0.15) is 16.7 Å². The Morgan fingerprint density at radius 1 is 1.11 bits per heavy atom. The summed E-state index contributed by atoms with van der Waals surface area (Å²) in [6.45, 7) is 0.560. The minimum absolute atomic E-state index is 0.0548. The van der Waals surface area contributed by atoms with Gasteiger partial charge >= 0.3 is 6.03 Å². The molecule has 3 heterocycles. The molecule has 0 aliphatic carbocycles. The number of thiazole rings is 1. The average Bonchev–Trinajstić information content (AvgIpc) is 3.60. The van der Waals surface area contributed by atoms with E-state index in [0.29, 0.717) is 17.3 Å². The van der Waals surface area contributed by atoms with Gasteiger partial charge in [0.1, 0.15) is 18.0 Å². The first-order valence-electron chi connectivity index (χ1n) is 14.5. The van der Waals surface area contributed by atoms with E-state index in [0.717, 1.165) is 26.9 Å². The van der Waals surface area contributed by atoms with E-state index in [1.54, 1.807) is 21.9 Å². The van der Waals surface area contributed by atoms with Gasteiger partial charge in [0.25, 0.3) is 0 Å². The molecule has 2 aliphatic heterocycles. The molecule has 0 unspecified atom stereocenters. The van der Waals surface area contributed by atoms with E-state index >= 15 is 0 Å². The molecule has 1 aromatic heterocycles. The highest BCUT2D eigenvalue weighted by Gasteiger charge is 2.52. The van der Waals surface area contributed by atoms with Gasteiger partial charge in [-0.1, -0.05) is 71.9 Å². The largest absolute Gasteiger partial charge is 0.497 e. The number of nitrogen functional groups attached to an aromatic ring is 1. The van der Waals surface area contributed by atoms with Crippen LogP contribution in [0.2, 0.25) is 0 Å². The van der Waals surface area contributed by atoms with Gasteiger partial charge in [0.2, 0.25) is 11.8 Å². The quantitative estimate of drug-likeness (QED) is 0.275. The number of ether oxygens (including phenoxy) is 1. The standard InChI is InChI=1S/C33H33N7O4S/c1-3-16-38(33(43)35-18-23-12-14-25(44-2)15-13-23)39-21-29(41)40-26(17-22-8-5-4-6-9-22)31(42)37(20-28(39)40)19-24-10-7-11-27-30(24)36-32(34)45-27/h1,4-15,26,28H,16-21H2,2H3,(H2,34,36)(H,35,43)/t26-,28+/m0/s1. The third-order valence-corrected chi connectivity index (χ3v) is 8.96. The van der Waals surface area contributed by atoms with E-state index in [9.17, 15) is 14.4 Å². The molecule has 0 radical (unpaired) electrons. The van der Waals surface area contributed by atoms with E-state index in [1.807, 2.05) is 72.8 Å². The Morgan fingerprint density at radius 3 is 2.62 bits per heavy atom. The van der Waals surface area contributed by atoms with Crippen LogP contribution in [0.4, 0.5) is 9.93 Å². The summed E-state index contributed by atoms with van der Waals surface area (Å²) in [4.78, 5) is 49.2. The second-order valence-electron chi connectivity index (χ2n) is 10.9. The van der Waals surface area contributed by atoms with Crippen molar-refractivity contribution in [3.05, 3.63) is 89.5 Å². The number of hydrogen-bond acceptors (Lipinski definition) is 8. The van der Waals surface area contributed by atoms with E-state index in [4.69, 9.17) is 16.9 Å². The van der Waals surface area contributed by atoms with Crippen molar-refractivity contribution in [1.82, 2.24) is 30.1 Å². The lowest BCUT2D eigenvalue weighted by atomic mass is 10.00. The van der Waals surface area contributed by atoms with E-state index in [2.05, 4.69) is 16.2 Å². The maximum absolute atomic E-state index is 14.1. The van der Waals surface area contributed by atoms with Gasteiger partial charge in [-0.05, 0) is 34.9 Å². The fourth-order valence-electron chi connectivity index (χ4n) is 5.96. The number of benzene rings is 3. The van der Waals surface area contributed by atoms with Crippen LogP contribution in [0.15, 0.2) is 72.8 Å². The lowest BCUT2D eigenvalue weighted by Crippen LogP contribution is -2.66. The summed E-state index contributed by atoms with van der Waals surface area (Å²) in [6.07, 6.45) is 5.45. The van der Waals surface area contributed by atoms with Crippen molar-refractivity contribution < 1.29 is 19.1 Å². The van der Waals surface area contributed by atoms with Crippen molar-refractivity contribution in [1.29, 1.82) is 0 Å². The third-order valence-electron chi connectivity index (χ3n) is 8.11. The van der Waals surface area contributed by atoms with Gasteiger partial charge in [-0.25, -0.2) is 14.8 Å². The number of nitrogens with zero attached hydrogens (tertiary/aromatic N) is 5. The minimum atomic E-state index is -0.765. The number of methoxy groups -OCH3 is 1. The molecule has 0 saturated carbocycles. The Balaban J connectivity index is 1.29. The molecule has 3 N–H and O–H groups in total. The topological polar surface area (TPSA) is 124 Å². The van der Waals surface area contributed by atoms with Gasteiger partial charge in [-0.15, -0.1) is 6.42 Å². The first-order valence-corrected chi connectivity index (χ1v) is 15.3. The van der Waals surface area contributed by atoms with Gasteiger partial charge in [-0.2, -0.15) is 5.01 Å². The van der Waals surface area contributed by atoms with Crippen molar-refractivity contribution >= 4 is 44.5 Å². The highest BCUT2D eigenvalue weighted by Crippen LogP contribution is 2.32. The molecule has 2 aliphatic rings. The number of fused-ring (bicyclic) bond motifs is 2. The molecule has 2 saturated heterocycles. The molecular formula is C33H33N7O4S. The Hall–Kier alpha value is -5.12. The monoisotopic (exact) mass is 623 g/mol. The zero-order chi connectivity index (χ0) is 31.5.